The number of nitrogens with zero attached hydrogens (tertiary/aromatic N) is 2. The topological polar surface area (TPSA) is 51.3 Å². The first-order chi connectivity index (χ1) is 7.13. The fraction of sp³-hybridized carbons (Fsp3) is 0.545. The number of aromatic nitrogens is 1. The zero-order valence-electron chi connectivity index (χ0n) is 9.29. The van der Waals surface area contributed by atoms with Gasteiger partial charge in [-0.1, -0.05) is 6.92 Å². The van der Waals surface area contributed by atoms with E-state index in [0.29, 0.717) is 5.69 Å². The lowest BCUT2D eigenvalue weighted by molar-refractivity contribution is 0.263. The molecule has 1 aromatic heterocycles. The summed E-state index contributed by atoms with van der Waals surface area (Å²) in [5.74, 6) is 0. The van der Waals surface area contributed by atoms with Crippen molar-refractivity contribution in [3.63, 3.8) is 0 Å². The highest BCUT2D eigenvalue weighted by atomic mass is 16.1. The van der Waals surface area contributed by atoms with E-state index in [2.05, 4.69) is 11.8 Å². The van der Waals surface area contributed by atoms with Gasteiger partial charge in [-0.3, -0.25) is 9.69 Å². The lowest BCUT2D eigenvalue weighted by atomic mass is 10.0. The number of hydrogen-bond donors (Lipinski definition) is 1. The summed E-state index contributed by atoms with van der Waals surface area (Å²) < 4.78 is 1.69. The van der Waals surface area contributed by atoms with Crippen molar-refractivity contribution in [2.24, 2.45) is 7.05 Å². The zero-order chi connectivity index (χ0) is 11.0. The Morgan fingerprint density at radius 1 is 1.53 bits per heavy atom. The third kappa shape index (κ3) is 1.65. The molecule has 1 aliphatic heterocycles. The molecule has 1 aliphatic rings. The molecule has 1 aromatic rings. The second-order valence-electron chi connectivity index (χ2n) is 4.05. The van der Waals surface area contributed by atoms with Crippen molar-refractivity contribution in [3.05, 3.63) is 27.7 Å². The average molecular weight is 207 g/mol. The molecule has 0 saturated carbocycles. The number of likely N-dealkylation sites (N-methyl/N-ethyl adjacent to an activating group) is 1. The van der Waals surface area contributed by atoms with Crippen LogP contribution >= 0.6 is 0 Å². The molecule has 2 heterocycles. The Balaban J connectivity index is 2.49. The van der Waals surface area contributed by atoms with Crippen LogP contribution in [-0.4, -0.2) is 22.6 Å². The first-order valence-electron chi connectivity index (χ1n) is 5.33. The molecule has 0 unspecified atom stereocenters. The highest BCUT2D eigenvalue weighted by Gasteiger charge is 2.18. The molecule has 0 aromatic carbocycles. The highest BCUT2D eigenvalue weighted by Crippen LogP contribution is 2.18. The van der Waals surface area contributed by atoms with Crippen molar-refractivity contribution >= 4 is 5.69 Å². The number of hydrogen-bond acceptors (Lipinski definition) is 3. The lowest BCUT2D eigenvalue weighted by Crippen LogP contribution is -2.35. The summed E-state index contributed by atoms with van der Waals surface area (Å²) in [5, 5.41) is 0. The number of pyridine rings is 1. The minimum atomic E-state index is -0.0706. The fourth-order valence-corrected chi connectivity index (χ4v) is 2.18. The molecule has 0 amide bonds. The van der Waals surface area contributed by atoms with Gasteiger partial charge in [0.25, 0.3) is 5.56 Å². The zero-order valence-corrected chi connectivity index (χ0v) is 9.29. The van der Waals surface area contributed by atoms with E-state index in [0.717, 1.165) is 31.7 Å². The first kappa shape index (κ1) is 10.2. The monoisotopic (exact) mass is 207 g/mol. The summed E-state index contributed by atoms with van der Waals surface area (Å²) in [6.07, 6.45) is 0.940. The predicted octanol–water partition coefficient (Wildman–Crippen LogP) is 0.346. The molecule has 0 atom stereocenters. The number of nitrogens with two attached hydrogens (primary N) is 1. The van der Waals surface area contributed by atoms with Crippen molar-refractivity contribution in [1.82, 2.24) is 9.47 Å². The minimum Gasteiger partial charge on any atom is -0.394 e. The SMILES string of the molecule is CCN1CCc2c(cc(N)c(=O)n2C)C1. The van der Waals surface area contributed by atoms with Crippen LogP contribution in [-0.2, 0) is 20.0 Å². The maximum absolute atomic E-state index is 11.6. The molecule has 82 valence electrons. The third-order valence-corrected chi connectivity index (χ3v) is 3.16. The van der Waals surface area contributed by atoms with E-state index >= 15 is 0 Å². The molecule has 0 saturated heterocycles. The standard InChI is InChI=1S/C11H17N3O/c1-3-14-5-4-10-8(7-14)6-9(12)11(15)13(10)2/h6H,3-5,7,12H2,1-2H3. The number of anilines is 1. The van der Waals surface area contributed by atoms with E-state index in [-0.39, 0.29) is 5.56 Å². The molecular weight excluding hydrogens is 190 g/mol. The Hall–Kier alpha value is -1.29. The third-order valence-electron chi connectivity index (χ3n) is 3.16. The largest absolute Gasteiger partial charge is 0.394 e. The molecule has 15 heavy (non-hydrogen) atoms. The number of rotatable bonds is 1. The minimum absolute atomic E-state index is 0.0706. The van der Waals surface area contributed by atoms with Crippen LogP contribution in [0.25, 0.3) is 0 Å². The molecule has 0 radical (unpaired) electrons. The van der Waals surface area contributed by atoms with Gasteiger partial charge in [0.15, 0.2) is 0 Å². The maximum Gasteiger partial charge on any atom is 0.273 e. The Morgan fingerprint density at radius 3 is 2.93 bits per heavy atom. The van der Waals surface area contributed by atoms with Gasteiger partial charge in [0.1, 0.15) is 0 Å². The van der Waals surface area contributed by atoms with Crippen molar-refractivity contribution in [2.45, 2.75) is 19.9 Å². The second kappa shape index (κ2) is 3.70. The van der Waals surface area contributed by atoms with Crippen LogP contribution in [0.3, 0.4) is 0 Å². The summed E-state index contributed by atoms with van der Waals surface area (Å²) in [6.45, 7) is 5.13. The van der Waals surface area contributed by atoms with Crippen LogP contribution < -0.4 is 11.3 Å². The van der Waals surface area contributed by atoms with Crippen LogP contribution in [0.15, 0.2) is 10.9 Å². The Labute approximate surface area is 89.3 Å². The maximum atomic E-state index is 11.6. The van der Waals surface area contributed by atoms with E-state index in [1.165, 1.54) is 5.56 Å². The van der Waals surface area contributed by atoms with Gasteiger partial charge in [-0.15, -0.1) is 0 Å². The molecule has 4 heteroatoms. The lowest BCUT2D eigenvalue weighted by Gasteiger charge is -2.28. The Kier molecular flexibility index (Phi) is 2.52. The quantitative estimate of drug-likeness (QED) is 0.722. The van der Waals surface area contributed by atoms with Crippen molar-refractivity contribution in [3.8, 4) is 0 Å². The van der Waals surface area contributed by atoms with Gasteiger partial charge in [-0.2, -0.15) is 0 Å². The van der Waals surface area contributed by atoms with Crippen LogP contribution in [0.5, 0.6) is 0 Å². The molecule has 2 N–H and O–H groups in total. The summed E-state index contributed by atoms with van der Waals surface area (Å²) >= 11 is 0. The fourth-order valence-electron chi connectivity index (χ4n) is 2.18. The molecule has 0 fully saturated rings. The van der Waals surface area contributed by atoms with E-state index in [1.807, 2.05) is 6.07 Å². The molecular formula is C11H17N3O. The molecule has 2 rings (SSSR count). The number of fused-ring (bicyclic) bond motifs is 1. The molecule has 4 nitrogen and oxygen atoms in total. The number of nitrogen functional groups attached to an aromatic ring is 1. The Bertz CT molecular complexity index is 436. The average Bonchev–Trinajstić information content (AvgIpc) is 2.25. The van der Waals surface area contributed by atoms with E-state index in [1.54, 1.807) is 11.6 Å². The smallest absolute Gasteiger partial charge is 0.273 e. The van der Waals surface area contributed by atoms with Gasteiger partial charge in [-0.05, 0) is 18.2 Å². The highest BCUT2D eigenvalue weighted by molar-refractivity contribution is 5.41. The molecule has 0 bridgehead atoms. The van der Waals surface area contributed by atoms with Gasteiger partial charge >= 0.3 is 0 Å². The van der Waals surface area contributed by atoms with Crippen molar-refractivity contribution < 1.29 is 0 Å². The van der Waals surface area contributed by atoms with Crippen LogP contribution in [0.1, 0.15) is 18.2 Å². The Morgan fingerprint density at radius 2 is 2.27 bits per heavy atom. The van der Waals surface area contributed by atoms with Crippen LogP contribution in [0.2, 0.25) is 0 Å². The summed E-state index contributed by atoms with van der Waals surface area (Å²) in [7, 11) is 1.80. The predicted molar refractivity (Wildman–Crippen MR) is 60.8 cm³/mol. The van der Waals surface area contributed by atoms with Gasteiger partial charge < -0.3 is 10.3 Å². The van der Waals surface area contributed by atoms with E-state index in [4.69, 9.17) is 5.73 Å². The second-order valence-corrected chi connectivity index (χ2v) is 4.05. The van der Waals surface area contributed by atoms with Gasteiger partial charge in [0.2, 0.25) is 0 Å². The summed E-state index contributed by atoms with van der Waals surface area (Å²) in [4.78, 5) is 14.0. The molecule has 0 aliphatic carbocycles. The molecule has 0 spiro atoms. The van der Waals surface area contributed by atoms with Gasteiger partial charge in [-0.25, -0.2) is 0 Å². The van der Waals surface area contributed by atoms with Crippen molar-refractivity contribution in [1.29, 1.82) is 0 Å². The normalized spacial score (nSPS) is 16.4. The van der Waals surface area contributed by atoms with Gasteiger partial charge in [0.05, 0.1) is 5.69 Å². The summed E-state index contributed by atoms with van der Waals surface area (Å²) in [6, 6.07) is 1.83. The van der Waals surface area contributed by atoms with Gasteiger partial charge in [0, 0.05) is 32.3 Å². The van der Waals surface area contributed by atoms with E-state index in [9.17, 15) is 4.79 Å². The van der Waals surface area contributed by atoms with Crippen molar-refractivity contribution in [2.75, 3.05) is 18.8 Å². The van der Waals surface area contributed by atoms with Crippen LogP contribution in [0, 0.1) is 0 Å². The summed E-state index contributed by atoms with van der Waals surface area (Å²) in [5.41, 5.74) is 8.30. The van der Waals surface area contributed by atoms with Crippen LogP contribution in [0.4, 0.5) is 5.69 Å². The first-order valence-corrected chi connectivity index (χ1v) is 5.33. The van der Waals surface area contributed by atoms with E-state index < -0.39 is 0 Å².